The Morgan fingerprint density at radius 1 is 1.50 bits per heavy atom. The largest absolute Gasteiger partial charge is 0.363 e. The molecule has 1 heterocycles. The van der Waals surface area contributed by atoms with Gasteiger partial charge in [-0.2, -0.15) is 11.8 Å². The fourth-order valence-corrected chi connectivity index (χ4v) is 2.66. The van der Waals surface area contributed by atoms with Crippen molar-refractivity contribution in [1.29, 1.82) is 0 Å². The molecule has 70 valence electrons. The summed E-state index contributed by atoms with van der Waals surface area (Å²) in [6.45, 7) is 2.97. The van der Waals surface area contributed by atoms with E-state index in [0.717, 1.165) is 11.7 Å². The van der Waals surface area contributed by atoms with E-state index in [1.165, 1.54) is 24.3 Å². The van der Waals surface area contributed by atoms with E-state index in [-0.39, 0.29) is 0 Å². The molecule has 1 aliphatic heterocycles. The third-order valence-corrected chi connectivity index (χ3v) is 3.20. The van der Waals surface area contributed by atoms with Crippen LogP contribution >= 0.6 is 24.0 Å². The summed E-state index contributed by atoms with van der Waals surface area (Å²) in [7, 11) is 0. The van der Waals surface area contributed by atoms with Crippen LogP contribution in [0.3, 0.4) is 0 Å². The lowest BCUT2D eigenvalue weighted by Crippen LogP contribution is -2.43. The summed E-state index contributed by atoms with van der Waals surface area (Å²) < 4.78 is 0. The molecule has 0 saturated carbocycles. The maximum atomic E-state index is 5.10. The highest BCUT2D eigenvalue weighted by molar-refractivity contribution is 7.99. The third-order valence-electron chi connectivity index (χ3n) is 1.89. The van der Waals surface area contributed by atoms with Gasteiger partial charge >= 0.3 is 0 Å². The van der Waals surface area contributed by atoms with Crippen molar-refractivity contribution >= 4 is 29.1 Å². The van der Waals surface area contributed by atoms with Crippen molar-refractivity contribution in [2.45, 2.75) is 25.8 Å². The summed E-state index contributed by atoms with van der Waals surface area (Å²) in [6.07, 6.45) is 2.49. The lowest BCUT2D eigenvalue weighted by Gasteiger charge is -2.23. The minimum absolute atomic E-state index is 0.609. The van der Waals surface area contributed by atoms with Crippen LogP contribution in [0, 0.1) is 0 Å². The van der Waals surface area contributed by atoms with Gasteiger partial charge in [0.15, 0.2) is 5.11 Å². The summed E-state index contributed by atoms with van der Waals surface area (Å²) in [4.78, 5) is 0. The summed E-state index contributed by atoms with van der Waals surface area (Å²) >= 11 is 7.14. The zero-order valence-electron chi connectivity index (χ0n) is 7.43. The van der Waals surface area contributed by atoms with E-state index < -0.39 is 0 Å². The molecule has 2 N–H and O–H groups in total. The van der Waals surface area contributed by atoms with Gasteiger partial charge in [0.1, 0.15) is 0 Å². The molecule has 0 radical (unpaired) electrons. The van der Waals surface area contributed by atoms with Crippen LogP contribution in [0.1, 0.15) is 19.8 Å². The van der Waals surface area contributed by atoms with Crippen molar-refractivity contribution in [1.82, 2.24) is 10.6 Å². The second-order valence-electron chi connectivity index (χ2n) is 2.89. The number of thiocarbonyl (C=S) groups is 1. The molecule has 0 bridgehead atoms. The predicted octanol–water partition coefficient (Wildman–Crippen LogP) is 1.37. The van der Waals surface area contributed by atoms with Gasteiger partial charge in [-0.3, -0.25) is 0 Å². The Morgan fingerprint density at radius 3 is 2.75 bits per heavy atom. The van der Waals surface area contributed by atoms with E-state index in [1.807, 2.05) is 11.8 Å². The Balaban J connectivity index is 2.15. The first-order chi connectivity index (χ1) is 5.83. The smallest absolute Gasteiger partial charge is 0.166 e. The fourth-order valence-electron chi connectivity index (χ4n) is 1.24. The average molecular weight is 204 g/mol. The van der Waals surface area contributed by atoms with Crippen LogP contribution < -0.4 is 10.6 Å². The molecule has 0 aromatic heterocycles. The van der Waals surface area contributed by atoms with Crippen molar-refractivity contribution in [3.05, 3.63) is 0 Å². The SMILES string of the molecule is CCNC(=S)NC1CCSCC1. The van der Waals surface area contributed by atoms with Crippen LogP contribution in [0.25, 0.3) is 0 Å². The van der Waals surface area contributed by atoms with Crippen molar-refractivity contribution < 1.29 is 0 Å². The summed E-state index contributed by atoms with van der Waals surface area (Å²) in [5.74, 6) is 2.54. The van der Waals surface area contributed by atoms with Crippen molar-refractivity contribution in [3.8, 4) is 0 Å². The zero-order chi connectivity index (χ0) is 8.81. The Labute approximate surface area is 83.9 Å². The maximum absolute atomic E-state index is 5.10. The molecule has 2 nitrogen and oxygen atoms in total. The first kappa shape index (κ1) is 10.1. The molecular formula is C8H16N2S2. The molecule has 0 aromatic carbocycles. The Morgan fingerprint density at radius 2 is 2.17 bits per heavy atom. The molecule has 1 aliphatic rings. The van der Waals surface area contributed by atoms with Gasteiger partial charge in [0.05, 0.1) is 0 Å². The molecular weight excluding hydrogens is 188 g/mol. The molecule has 0 aromatic rings. The molecule has 1 saturated heterocycles. The molecule has 0 unspecified atom stereocenters. The first-order valence-corrected chi connectivity index (χ1v) is 6.01. The molecule has 1 rings (SSSR count). The van der Waals surface area contributed by atoms with Crippen LogP contribution in [0.5, 0.6) is 0 Å². The van der Waals surface area contributed by atoms with E-state index in [1.54, 1.807) is 0 Å². The Kier molecular flexibility index (Phi) is 4.76. The van der Waals surface area contributed by atoms with E-state index >= 15 is 0 Å². The predicted molar refractivity (Wildman–Crippen MR) is 59.8 cm³/mol. The lowest BCUT2D eigenvalue weighted by molar-refractivity contribution is 0.562. The van der Waals surface area contributed by atoms with Crippen LogP contribution in [-0.2, 0) is 0 Å². The number of nitrogens with one attached hydrogen (secondary N) is 2. The quantitative estimate of drug-likeness (QED) is 0.663. The monoisotopic (exact) mass is 204 g/mol. The van der Waals surface area contributed by atoms with Gasteiger partial charge in [0, 0.05) is 12.6 Å². The third kappa shape index (κ3) is 3.63. The highest BCUT2D eigenvalue weighted by Crippen LogP contribution is 2.16. The molecule has 0 spiro atoms. The first-order valence-electron chi connectivity index (χ1n) is 4.45. The summed E-state index contributed by atoms with van der Waals surface area (Å²) in [6, 6.07) is 0.609. The van der Waals surface area contributed by atoms with E-state index in [2.05, 4.69) is 17.6 Å². The van der Waals surface area contributed by atoms with Crippen LogP contribution in [0.2, 0.25) is 0 Å². The van der Waals surface area contributed by atoms with Crippen LogP contribution in [0.4, 0.5) is 0 Å². The Hall–Kier alpha value is 0.0400. The second kappa shape index (κ2) is 5.65. The normalized spacial score (nSPS) is 18.8. The summed E-state index contributed by atoms with van der Waals surface area (Å²) in [5, 5.41) is 7.25. The van der Waals surface area contributed by atoms with Gasteiger partial charge in [-0.1, -0.05) is 0 Å². The van der Waals surface area contributed by atoms with Gasteiger partial charge < -0.3 is 10.6 Å². The van der Waals surface area contributed by atoms with E-state index in [9.17, 15) is 0 Å². The number of hydrogen-bond acceptors (Lipinski definition) is 2. The maximum Gasteiger partial charge on any atom is 0.166 e. The van der Waals surface area contributed by atoms with E-state index in [0.29, 0.717) is 6.04 Å². The van der Waals surface area contributed by atoms with Crippen LogP contribution in [0.15, 0.2) is 0 Å². The average Bonchev–Trinajstić information content (AvgIpc) is 2.06. The van der Waals surface area contributed by atoms with Gasteiger partial charge in [-0.25, -0.2) is 0 Å². The molecule has 12 heavy (non-hydrogen) atoms. The minimum atomic E-state index is 0.609. The second-order valence-corrected chi connectivity index (χ2v) is 4.52. The fraction of sp³-hybridized carbons (Fsp3) is 0.875. The standard InChI is InChI=1S/C8H16N2S2/c1-2-9-8(11)10-7-3-5-12-6-4-7/h7H,2-6H2,1H3,(H2,9,10,11). The van der Waals surface area contributed by atoms with Gasteiger partial charge in [-0.05, 0) is 43.5 Å². The highest BCUT2D eigenvalue weighted by Gasteiger charge is 2.13. The number of rotatable bonds is 2. The van der Waals surface area contributed by atoms with E-state index in [4.69, 9.17) is 12.2 Å². The molecule has 0 amide bonds. The van der Waals surface area contributed by atoms with Crippen molar-refractivity contribution in [3.63, 3.8) is 0 Å². The highest BCUT2D eigenvalue weighted by atomic mass is 32.2. The number of hydrogen-bond donors (Lipinski definition) is 2. The molecule has 0 aliphatic carbocycles. The molecule has 0 atom stereocenters. The minimum Gasteiger partial charge on any atom is -0.363 e. The summed E-state index contributed by atoms with van der Waals surface area (Å²) in [5.41, 5.74) is 0. The molecule has 1 fully saturated rings. The molecule has 4 heteroatoms. The number of thioether (sulfide) groups is 1. The topological polar surface area (TPSA) is 24.1 Å². The van der Waals surface area contributed by atoms with Crippen LogP contribution in [-0.4, -0.2) is 29.2 Å². The van der Waals surface area contributed by atoms with Gasteiger partial charge in [0.25, 0.3) is 0 Å². The van der Waals surface area contributed by atoms with Crippen molar-refractivity contribution in [2.75, 3.05) is 18.1 Å². The van der Waals surface area contributed by atoms with Gasteiger partial charge in [-0.15, -0.1) is 0 Å². The lowest BCUT2D eigenvalue weighted by atomic mass is 10.2. The van der Waals surface area contributed by atoms with Gasteiger partial charge in [0.2, 0.25) is 0 Å². The zero-order valence-corrected chi connectivity index (χ0v) is 9.06. The Bertz CT molecular complexity index is 144. The van der Waals surface area contributed by atoms with Crippen molar-refractivity contribution in [2.24, 2.45) is 0 Å².